The normalized spacial score (nSPS) is 14.1. The topological polar surface area (TPSA) is 67.1 Å². The predicted octanol–water partition coefficient (Wildman–Crippen LogP) is 3.57. The minimum atomic E-state index is 0. The molecule has 6 nitrogen and oxygen atoms in total. The summed E-state index contributed by atoms with van der Waals surface area (Å²) in [6.07, 6.45) is 5.61. The smallest absolute Gasteiger partial charge is 0.191 e. The van der Waals surface area contributed by atoms with Crippen LogP contribution in [0.25, 0.3) is 0 Å². The molecule has 0 aliphatic carbocycles. The summed E-state index contributed by atoms with van der Waals surface area (Å²) < 4.78 is 2.24. The summed E-state index contributed by atoms with van der Waals surface area (Å²) in [4.78, 5) is 4.69. The van der Waals surface area contributed by atoms with Crippen molar-refractivity contribution >= 4 is 41.5 Å². The molecule has 1 aliphatic heterocycles. The second-order valence-electron chi connectivity index (χ2n) is 6.49. The molecule has 148 valence electrons. The third-order valence-electron chi connectivity index (χ3n) is 4.53. The van der Waals surface area contributed by atoms with Crippen molar-refractivity contribution in [2.75, 3.05) is 13.1 Å². The SMILES string of the molecule is CCNC(=NCc1nnc2n1CCCCC2)NCCc1ccc(Cl)cc1.I. The molecule has 1 aromatic carbocycles. The van der Waals surface area contributed by atoms with Crippen LogP contribution in [0.5, 0.6) is 0 Å². The van der Waals surface area contributed by atoms with Gasteiger partial charge in [-0.1, -0.05) is 30.2 Å². The fourth-order valence-electron chi connectivity index (χ4n) is 3.13. The highest BCUT2D eigenvalue weighted by atomic mass is 127. The van der Waals surface area contributed by atoms with Crippen molar-refractivity contribution in [3.63, 3.8) is 0 Å². The maximum atomic E-state index is 5.93. The summed E-state index contributed by atoms with van der Waals surface area (Å²) in [6.45, 7) is 5.26. The molecule has 2 heterocycles. The summed E-state index contributed by atoms with van der Waals surface area (Å²) in [5.74, 6) is 2.87. The number of benzene rings is 1. The van der Waals surface area contributed by atoms with E-state index < -0.39 is 0 Å². The van der Waals surface area contributed by atoms with Crippen molar-refractivity contribution in [3.05, 3.63) is 46.5 Å². The first-order valence-corrected chi connectivity index (χ1v) is 9.81. The van der Waals surface area contributed by atoms with E-state index in [-0.39, 0.29) is 24.0 Å². The molecule has 0 spiro atoms. The number of guanidine groups is 1. The van der Waals surface area contributed by atoms with E-state index in [0.29, 0.717) is 6.54 Å². The fourth-order valence-corrected chi connectivity index (χ4v) is 3.26. The number of halogens is 2. The summed E-state index contributed by atoms with van der Waals surface area (Å²) in [7, 11) is 0. The predicted molar refractivity (Wildman–Crippen MR) is 121 cm³/mol. The van der Waals surface area contributed by atoms with Crippen LogP contribution in [0.4, 0.5) is 0 Å². The third kappa shape index (κ3) is 6.64. The molecular weight excluding hydrogens is 475 g/mol. The second kappa shape index (κ2) is 11.5. The fraction of sp³-hybridized carbons (Fsp3) is 0.526. The molecule has 0 radical (unpaired) electrons. The van der Waals surface area contributed by atoms with Gasteiger partial charge in [0.25, 0.3) is 0 Å². The Balaban J connectivity index is 0.00000261. The van der Waals surface area contributed by atoms with Crippen LogP contribution in [0.2, 0.25) is 5.02 Å². The molecule has 27 heavy (non-hydrogen) atoms. The molecule has 2 N–H and O–H groups in total. The number of fused-ring (bicyclic) bond motifs is 1. The van der Waals surface area contributed by atoms with Crippen LogP contribution in [0.3, 0.4) is 0 Å². The van der Waals surface area contributed by atoms with Crippen LogP contribution in [0.1, 0.15) is 43.4 Å². The third-order valence-corrected chi connectivity index (χ3v) is 4.78. The van der Waals surface area contributed by atoms with Crippen LogP contribution in [-0.2, 0) is 25.9 Å². The van der Waals surface area contributed by atoms with Crippen LogP contribution < -0.4 is 10.6 Å². The van der Waals surface area contributed by atoms with Gasteiger partial charge < -0.3 is 15.2 Å². The van der Waals surface area contributed by atoms with E-state index >= 15 is 0 Å². The zero-order chi connectivity index (χ0) is 18.2. The van der Waals surface area contributed by atoms with Crippen molar-refractivity contribution in [1.82, 2.24) is 25.4 Å². The van der Waals surface area contributed by atoms with Crippen molar-refractivity contribution in [2.45, 2.75) is 52.1 Å². The Labute approximate surface area is 183 Å². The van der Waals surface area contributed by atoms with Gasteiger partial charge in [0.1, 0.15) is 12.4 Å². The average Bonchev–Trinajstić information content (AvgIpc) is 2.87. The van der Waals surface area contributed by atoms with Gasteiger partial charge in [0.15, 0.2) is 11.8 Å². The molecule has 0 fully saturated rings. The van der Waals surface area contributed by atoms with Crippen LogP contribution in [-0.4, -0.2) is 33.8 Å². The Morgan fingerprint density at radius 3 is 2.74 bits per heavy atom. The van der Waals surface area contributed by atoms with E-state index in [9.17, 15) is 0 Å². The Hall–Kier alpha value is -1.35. The maximum absolute atomic E-state index is 5.93. The summed E-state index contributed by atoms with van der Waals surface area (Å²) in [5, 5.41) is 16.1. The lowest BCUT2D eigenvalue weighted by Crippen LogP contribution is -2.38. The number of nitrogens with zero attached hydrogens (tertiary/aromatic N) is 4. The Kier molecular flexibility index (Phi) is 9.33. The Morgan fingerprint density at radius 1 is 1.15 bits per heavy atom. The second-order valence-corrected chi connectivity index (χ2v) is 6.93. The van der Waals surface area contributed by atoms with Gasteiger partial charge in [-0.25, -0.2) is 4.99 Å². The number of aryl methyl sites for hydroxylation is 1. The van der Waals surface area contributed by atoms with Gasteiger partial charge in [0.05, 0.1) is 0 Å². The van der Waals surface area contributed by atoms with E-state index in [1.165, 1.54) is 24.8 Å². The molecule has 0 amide bonds. The lowest BCUT2D eigenvalue weighted by Gasteiger charge is -2.11. The minimum Gasteiger partial charge on any atom is -0.357 e. The monoisotopic (exact) mass is 502 g/mol. The van der Waals surface area contributed by atoms with E-state index in [2.05, 4.69) is 49.4 Å². The molecule has 1 aliphatic rings. The van der Waals surface area contributed by atoms with Crippen LogP contribution >= 0.6 is 35.6 Å². The highest BCUT2D eigenvalue weighted by Crippen LogP contribution is 2.14. The van der Waals surface area contributed by atoms with Gasteiger partial charge >= 0.3 is 0 Å². The molecular formula is C19H28ClIN6. The first kappa shape index (κ1) is 21.9. The van der Waals surface area contributed by atoms with Gasteiger partial charge in [-0.2, -0.15) is 0 Å². The summed E-state index contributed by atoms with van der Waals surface area (Å²) >= 11 is 5.93. The quantitative estimate of drug-likeness (QED) is 0.360. The molecule has 0 saturated carbocycles. The summed E-state index contributed by atoms with van der Waals surface area (Å²) in [6, 6.07) is 7.96. The molecule has 0 saturated heterocycles. The zero-order valence-electron chi connectivity index (χ0n) is 15.7. The molecule has 1 aromatic heterocycles. The van der Waals surface area contributed by atoms with Crippen molar-refractivity contribution in [2.24, 2.45) is 4.99 Å². The summed E-state index contributed by atoms with van der Waals surface area (Å²) in [5.41, 5.74) is 1.25. The van der Waals surface area contributed by atoms with Gasteiger partial charge in [-0.3, -0.25) is 0 Å². The number of nitrogens with one attached hydrogen (secondary N) is 2. The van der Waals surface area contributed by atoms with Gasteiger partial charge in [-0.15, -0.1) is 34.2 Å². The van der Waals surface area contributed by atoms with Crippen LogP contribution in [0, 0.1) is 0 Å². The zero-order valence-corrected chi connectivity index (χ0v) is 18.8. The highest BCUT2D eigenvalue weighted by Gasteiger charge is 2.14. The standard InChI is InChI=1S/C19H27ClN6.HI/c1-2-21-19(22-12-11-15-7-9-16(20)10-8-15)23-14-18-25-24-17-6-4-3-5-13-26(17)18;/h7-10H,2-6,11-14H2,1H3,(H2,21,22,23);1H. The van der Waals surface area contributed by atoms with Crippen molar-refractivity contribution in [3.8, 4) is 0 Å². The van der Waals surface area contributed by atoms with E-state index in [1.807, 2.05) is 12.1 Å². The molecule has 2 aromatic rings. The van der Waals surface area contributed by atoms with Gasteiger partial charge in [0.2, 0.25) is 0 Å². The molecule has 0 bridgehead atoms. The Bertz CT molecular complexity index is 728. The minimum absolute atomic E-state index is 0. The number of rotatable bonds is 6. The number of hydrogen-bond donors (Lipinski definition) is 2. The largest absolute Gasteiger partial charge is 0.357 e. The highest BCUT2D eigenvalue weighted by molar-refractivity contribution is 14.0. The molecule has 8 heteroatoms. The van der Waals surface area contributed by atoms with E-state index in [4.69, 9.17) is 11.6 Å². The average molecular weight is 503 g/mol. The van der Waals surface area contributed by atoms with Crippen molar-refractivity contribution < 1.29 is 0 Å². The first-order chi connectivity index (χ1) is 12.8. The molecule has 3 rings (SSSR count). The molecule has 0 atom stereocenters. The number of hydrogen-bond acceptors (Lipinski definition) is 3. The van der Waals surface area contributed by atoms with E-state index in [1.54, 1.807) is 0 Å². The number of aromatic nitrogens is 3. The maximum Gasteiger partial charge on any atom is 0.191 e. The van der Waals surface area contributed by atoms with Crippen LogP contribution in [0.15, 0.2) is 29.3 Å². The Morgan fingerprint density at radius 2 is 1.96 bits per heavy atom. The lowest BCUT2D eigenvalue weighted by molar-refractivity contribution is 0.605. The first-order valence-electron chi connectivity index (χ1n) is 9.44. The van der Waals surface area contributed by atoms with E-state index in [0.717, 1.165) is 55.1 Å². The number of aliphatic imine (C=N–C) groups is 1. The van der Waals surface area contributed by atoms with Gasteiger partial charge in [-0.05, 0) is 43.9 Å². The lowest BCUT2D eigenvalue weighted by atomic mass is 10.1. The molecule has 0 unspecified atom stereocenters. The van der Waals surface area contributed by atoms with Crippen molar-refractivity contribution in [1.29, 1.82) is 0 Å². The van der Waals surface area contributed by atoms with Gasteiger partial charge in [0, 0.05) is 31.1 Å².